The standard InChI is InChI=1S/C41H54F2N4O7Si/c1-10-45-37(28-17-16-27(20-28)25-53-55(8,9)41(5,6)7)47(39(51)54-40(2,3)4)46-23-31(36(49)44-22-29-18-19-30(42)21-32(29)43)34(48)35(33(46)38(45)50)52-24-26-14-12-11-13-15-26/h11-15,18-19,21,23,27-28,37H,10,16-17,20,22,24-25H2,1-9H3,(H,44,49)/t27-,28+,37?/m1/s1. The fourth-order valence-electron chi connectivity index (χ4n) is 6.79. The lowest BCUT2D eigenvalue weighted by Gasteiger charge is -2.47. The molecule has 1 N–H and O–H groups in total. The zero-order valence-electron chi connectivity index (χ0n) is 33.3. The number of carbonyl (C=O) groups is 3. The Labute approximate surface area is 323 Å². The number of carbonyl (C=O) groups excluding carboxylic acids is 3. The van der Waals surface area contributed by atoms with E-state index in [-0.39, 0.29) is 47.8 Å². The first-order valence-electron chi connectivity index (χ1n) is 18.9. The molecule has 3 atom stereocenters. The van der Waals surface area contributed by atoms with Gasteiger partial charge in [-0.2, -0.15) is 5.01 Å². The summed E-state index contributed by atoms with van der Waals surface area (Å²) >= 11 is 0. The van der Waals surface area contributed by atoms with Gasteiger partial charge in [0.25, 0.3) is 11.8 Å². The van der Waals surface area contributed by atoms with Crippen LogP contribution in [0.3, 0.4) is 0 Å². The van der Waals surface area contributed by atoms with Crippen molar-refractivity contribution in [3.8, 4) is 5.75 Å². The summed E-state index contributed by atoms with van der Waals surface area (Å²) in [7, 11) is -2.04. The van der Waals surface area contributed by atoms with Gasteiger partial charge in [-0.15, -0.1) is 0 Å². The number of nitrogens with zero attached hydrogens (tertiary/aromatic N) is 3. The number of hydrogen-bond donors (Lipinski definition) is 1. The van der Waals surface area contributed by atoms with Crippen LogP contribution in [0.4, 0.5) is 13.6 Å². The van der Waals surface area contributed by atoms with Crippen molar-refractivity contribution in [3.05, 3.63) is 99.0 Å². The number of halogens is 2. The summed E-state index contributed by atoms with van der Waals surface area (Å²) in [4.78, 5) is 58.7. The third-order valence-electron chi connectivity index (χ3n) is 10.7. The van der Waals surface area contributed by atoms with Crippen molar-refractivity contribution in [2.24, 2.45) is 11.8 Å². The molecule has 0 spiro atoms. The smallest absolute Gasteiger partial charge is 0.431 e. The van der Waals surface area contributed by atoms with Gasteiger partial charge in [-0.05, 0) is 82.6 Å². The van der Waals surface area contributed by atoms with Gasteiger partial charge in [0, 0.05) is 43.4 Å². The second-order valence-corrected chi connectivity index (χ2v) is 21.7. The van der Waals surface area contributed by atoms with Crippen LogP contribution < -0.4 is 20.5 Å². The molecule has 1 fully saturated rings. The summed E-state index contributed by atoms with van der Waals surface area (Å²) in [5.41, 5.74) is -1.84. The average Bonchev–Trinajstić information content (AvgIpc) is 3.57. The van der Waals surface area contributed by atoms with Crippen LogP contribution in [0.1, 0.15) is 99.7 Å². The van der Waals surface area contributed by atoms with Crippen molar-refractivity contribution in [2.45, 2.75) is 111 Å². The second kappa shape index (κ2) is 16.3. The number of pyridine rings is 1. The van der Waals surface area contributed by atoms with Gasteiger partial charge in [0.1, 0.15) is 35.6 Å². The monoisotopic (exact) mass is 780 g/mol. The number of rotatable bonds is 11. The Hall–Kier alpha value is -4.56. The molecule has 1 aliphatic carbocycles. The first-order valence-corrected chi connectivity index (χ1v) is 21.8. The molecule has 2 heterocycles. The maximum absolute atomic E-state index is 14.7. The van der Waals surface area contributed by atoms with E-state index in [1.807, 2.05) is 6.07 Å². The Bertz CT molecular complexity index is 1960. The average molecular weight is 781 g/mol. The molecule has 0 bridgehead atoms. The Morgan fingerprint density at radius 3 is 2.29 bits per heavy atom. The molecule has 2 aromatic carbocycles. The largest absolute Gasteiger partial charge is 0.482 e. The van der Waals surface area contributed by atoms with Crippen molar-refractivity contribution in [1.29, 1.82) is 0 Å². The van der Waals surface area contributed by atoms with Gasteiger partial charge < -0.3 is 24.1 Å². The maximum atomic E-state index is 14.7. The molecule has 3 amide bonds. The van der Waals surface area contributed by atoms with Gasteiger partial charge in [-0.3, -0.25) is 14.4 Å². The van der Waals surface area contributed by atoms with Crippen molar-refractivity contribution < 1.29 is 37.1 Å². The molecule has 1 unspecified atom stereocenters. The topological polar surface area (TPSA) is 119 Å². The molecule has 0 saturated heterocycles. The number of amides is 3. The molecule has 298 valence electrons. The van der Waals surface area contributed by atoms with E-state index in [4.69, 9.17) is 13.9 Å². The Balaban J connectivity index is 1.61. The van der Waals surface area contributed by atoms with Gasteiger partial charge >= 0.3 is 6.09 Å². The van der Waals surface area contributed by atoms with Gasteiger partial charge in [0.15, 0.2) is 19.8 Å². The molecule has 1 aliphatic heterocycles. The van der Waals surface area contributed by atoms with E-state index in [0.29, 0.717) is 31.1 Å². The minimum absolute atomic E-state index is 0.00843. The number of aromatic nitrogens is 1. The van der Waals surface area contributed by atoms with Crippen molar-refractivity contribution in [2.75, 3.05) is 18.2 Å². The highest BCUT2D eigenvalue weighted by molar-refractivity contribution is 6.74. The van der Waals surface area contributed by atoms with E-state index in [1.54, 1.807) is 56.9 Å². The van der Waals surface area contributed by atoms with Crippen molar-refractivity contribution in [3.63, 3.8) is 0 Å². The Morgan fingerprint density at radius 2 is 1.67 bits per heavy atom. The molecule has 1 aromatic heterocycles. The van der Waals surface area contributed by atoms with E-state index in [1.165, 1.54) is 15.8 Å². The van der Waals surface area contributed by atoms with E-state index < -0.39 is 66.4 Å². The van der Waals surface area contributed by atoms with Gasteiger partial charge in [0.05, 0.1) is 0 Å². The highest BCUT2D eigenvalue weighted by atomic mass is 28.4. The van der Waals surface area contributed by atoms with Crippen LogP contribution >= 0.6 is 0 Å². The second-order valence-electron chi connectivity index (χ2n) is 16.9. The van der Waals surface area contributed by atoms with Crippen molar-refractivity contribution >= 4 is 26.2 Å². The summed E-state index contributed by atoms with van der Waals surface area (Å²) in [5.74, 6) is -3.56. The van der Waals surface area contributed by atoms with Crippen LogP contribution in [-0.2, 0) is 22.3 Å². The van der Waals surface area contributed by atoms with Crippen LogP contribution in [-0.4, -0.2) is 60.7 Å². The lowest BCUT2D eigenvalue weighted by molar-refractivity contribution is 0.0267. The van der Waals surface area contributed by atoms with Gasteiger partial charge in [0.2, 0.25) is 5.43 Å². The Morgan fingerprint density at radius 1 is 0.982 bits per heavy atom. The van der Waals surface area contributed by atoms with Gasteiger partial charge in [-0.25, -0.2) is 18.3 Å². The predicted octanol–water partition coefficient (Wildman–Crippen LogP) is 7.75. The van der Waals surface area contributed by atoms with E-state index in [9.17, 15) is 28.0 Å². The van der Waals surface area contributed by atoms with E-state index in [0.717, 1.165) is 18.7 Å². The molecule has 5 rings (SSSR count). The molecule has 0 radical (unpaired) electrons. The normalized spacial score (nSPS) is 19.0. The first kappa shape index (κ1) is 41.6. The first-order chi connectivity index (χ1) is 25.7. The highest BCUT2D eigenvalue weighted by Crippen LogP contribution is 2.42. The molecule has 55 heavy (non-hydrogen) atoms. The quantitative estimate of drug-likeness (QED) is 0.198. The van der Waals surface area contributed by atoms with E-state index >= 15 is 0 Å². The number of benzene rings is 2. The fourth-order valence-corrected chi connectivity index (χ4v) is 7.87. The molecule has 11 nitrogen and oxygen atoms in total. The molecule has 2 aliphatic rings. The summed E-state index contributed by atoms with van der Waals surface area (Å²) in [6.45, 7) is 18.2. The number of ether oxygens (including phenoxy) is 2. The third kappa shape index (κ3) is 9.29. The molecule has 3 aromatic rings. The predicted molar refractivity (Wildman–Crippen MR) is 208 cm³/mol. The van der Waals surface area contributed by atoms with Crippen LogP contribution in [0.25, 0.3) is 0 Å². The highest BCUT2D eigenvalue weighted by Gasteiger charge is 2.49. The SMILES string of the molecule is CCN1C(=O)c2c(OCc3ccccc3)c(=O)c(C(=O)NCc3ccc(F)cc3F)cn2N(C(=O)OC(C)(C)C)C1[C@H]1CC[C@@H](CO[Si](C)(C)C(C)(C)C)C1. The molecule has 14 heteroatoms. The van der Waals surface area contributed by atoms with Crippen LogP contribution in [0.5, 0.6) is 5.75 Å². The summed E-state index contributed by atoms with van der Waals surface area (Å²) in [5, 5.41) is 3.89. The zero-order valence-corrected chi connectivity index (χ0v) is 34.3. The lowest BCUT2D eigenvalue weighted by atomic mass is 9.99. The fraction of sp³-hybridized carbons (Fsp3) is 0.512. The minimum atomic E-state index is -2.04. The summed E-state index contributed by atoms with van der Waals surface area (Å²) < 4.78 is 48.0. The summed E-state index contributed by atoms with van der Waals surface area (Å²) in [6, 6.07) is 11.9. The van der Waals surface area contributed by atoms with Crippen LogP contribution in [0.2, 0.25) is 18.1 Å². The molecule has 1 saturated carbocycles. The van der Waals surface area contributed by atoms with E-state index in [2.05, 4.69) is 39.2 Å². The minimum Gasteiger partial charge on any atom is -0.482 e. The summed E-state index contributed by atoms with van der Waals surface area (Å²) in [6.07, 6.45) is 1.68. The van der Waals surface area contributed by atoms with Crippen LogP contribution in [0, 0.1) is 23.5 Å². The maximum Gasteiger partial charge on any atom is 0.431 e. The number of nitrogens with one attached hydrogen (secondary N) is 1. The third-order valence-corrected chi connectivity index (χ3v) is 15.2. The lowest BCUT2D eigenvalue weighted by Crippen LogP contribution is -2.66. The zero-order chi connectivity index (χ0) is 40.5. The Kier molecular flexibility index (Phi) is 12.3. The van der Waals surface area contributed by atoms with Crippen LogP contribution in [0.15, 0.2) is 59.5 Å². The molecular weight excluding hydrogens is 727 g/mol. The van der Waals surface area contributed by atoms with Gasteiger partial charge in [-0.1, -0.05) is 57.2 Å². The number of hydrogen-bond acceptors (Lipinski definition) is 7. The van der Waals surface area contributed by atoms with Crippen molar-refractivity contribution in [1.82, 2.24) is 14.9 Å². The molecular formula is C41H54F2N4O7Si. The number of fused-ring (bicyclic) bond motifs is 1.